The molecule has 1 saturated heterocycles. The second kappa shape index (κ2) is 6.26. The third kappa shape index (κ3) is 3.76. The van der Waals surface area contributed by atoms with Gasteiger partial charge in [0.25, 0.3) is 0 Å². The average Bonchev–Trinajstić information content (AvgIpc) is 2.73. The zero-order chi connectivity index (χ0) is 13.0. The summed E-state index contributed by atoms with van der Waals surface area (Å²) >= 11 is 1.70. The lowest BCUT2D eigenvalue weighted by Gasteiger charge is -2.31. The number of rotatable bonds is 5. The zero-order valence-corrected chi connectivity index (χ0v) is 11.5. The number of nitrogens with two attached hydrogens (primary N) is 1. The van der Waals surface area contributed by atoms with Gasteiger partial charge in [0.2, 0.25) is 5.91 Å². The number of nitrogens with one attached hydrogen (secondary N) is 1. The maximum absolute atomic E-state index is 10.8. The Hall–Kier alpha value is -0.980. The number of thiazole rings is 1. The normalized spacial score (nSPS) is 18.1. The fourth-order valence-corrected chi connectivity index (χ4v) is 2.98. The lowest BCUT2D eigenvalue weighted by molar-refractivity contribution is -0.119. The molecule has 0 atom stereocenters. The van der Waals surface area contributed by atoms with Gasteiger partial charge in [-0.05, 0) is 19.8 Å². The van der Waals surface area contributed by atoms with Crippen molar-refractivity contribution in [2.24, 2.45) is 5.73 Å². The molecular formula is C12H20N4OS. The van der Waals surface area contributed by atoms with E-state index in [2.05, 4.69) is 15.2 Å². The quantitative estimate of drug-likeness (QED) is 0.815. The van der Waals surface area contributed by atoms with Crippen molar-refractivity contribution in [3.05, 3.63) is 16.1 Å². The predicted molar refractivity (Wildman–Crippen MR) is 72.3 cm³/mol. The number of likely N-dealkylation sites (tertiary alicyclic amines) is 1. The van der Waals surface area contributed by atoms with Crippen LogP contribution in [0.3, 0.4) is 0 Å². The molecular weight excluding hydrogens is 248 g/mol. The number of hydrogen-bond acceptors (Lipinski definition) is 5. The van der Waals surface area contributed by atoms with Crippen LogP contribution in [0.15, 0.2) is 5.51 Å². The molecule has 1 aliphatic rings. The van der Waals surface area contributed by atoms with Crippen molar-refractivity contribution in [1.29, 1.82) is 0 Å². The Morgan fingerprint density at radius 3 is 2.89 bits per heavy atom. The molecule has 0 spiro atoms. The second-order valence-corrected chi connectivity index (χ2v) is 5.70. The Morgan fingerprint density at radius 2 is 2.33 bits per heavy atom. The predicted octanol–water partition coefficient (Wildman–Crippen LogP) is 0.491. The van der Waals surface area contributed by atoms with Gasteiger partial charge in [-0.2, -0.15) is 0 Å². The van der Waals surface area contributed by atoms with Crippen LogP contribution in [0, 0.1) is 6.92 Å². The number of amides is 1. The fraction of sp³-hybridized carbons (Fsp3) is 0.667. The average molecular weight is 268 g/mol. The van der Waals surface area contributed by atoms with E-state index in [1.54, 1.807) is 11.3 Å². The topological polar surface area (TPSA) is 71.2 Å². The highest BCUT2D eigenvalue weighted by Crippen LogP contribution is 2.14. The molecule has 1 amide bonds. The smallest absolute Gasteiger partial charge is 0.231 e. The molecule has 5 nitrogen and oxygen atoms in total. The van der Waals surface area contributed by atoms with E-state index >= 15 is 0 Å². The Kier molecular flexibility index (Phi) is 4.68. The molecule has 0 radical (unpaired) electrons. The molecule has 2 rings (SSSR count). The fourth-order valence-electron chi connectivity index (χ4n) is 2.25. The van der Waals surface area contributed by atoms with Crippen LogP contribution >= 0.6 is 11.3 Å². The van der Waals surface area contributed by atoms with Crippen molar-refractivity contribution in [2.45, 2.75) is 32.4 Å². The minimum Gasteiger partial charge on any atom is -0.369 e. The van der Waals surface area contributed by atoms with Crippen LogP contribution in [0.1, 0.15) is 23.4 Å². The summed E-state index contributed by atoms with van der Waals surface area (Å²) in [4.78, 5) is 18.5. The Labute approximate surface area is 111 Å². The lowest BCUT2D eigenvalue weighted by atomic mass is 10.1. The van der Waals surface area contributed by atoms with Gasteiger partial charge in [-0.1, -0.05) is 0 Å². The van der Waals surface area contributed by atoms with Crippen molar-refractivity contribution in [3.63, 3.8) is 0 Å². The van der Waals surface area contributed by atoms with Crippen LogP contribution in [-0.2, 0) is 11.3 Å². The second-order valence-electron chi connectivity index (χ2n) is 4.76. The molecule has 1 fully saturated rings. The Bertz CT molecular complexity index is 399. The highest BCUT2D eigenvalue weighted by Gasteiger charge is 2.19. The van der Waals surface area contributed by atoms with E-state index in [0.717, 1.165) is 38.2 Å². The standard InChI is InChI=1S/C12H20N4OS/c1-9-11(18-8-15-9)6-14-10-2-4-16(5-3-10)7-12(13)17/h8,10,14H,2-7H2,1H3,(H2,13,17). The summed E-state index contributed by atoms with van der Waals surface area (Å²) in [5.74, 6) is -0.235. The van der Waals surface area contributed by atoms with Crippen molar-refractivity contribution in [2.75, 3.05) is 19.6 Å². The van der Waals surface area contributed by atoms with Crippen LogP contribution in [-0.4, -0.2) is 41.5 Å². The van der Waals surface area contributed by atoms with E-state index in [1.165, 1.54) is 4.88 Å². The summed E-state index contributed by atoms with van der Waals surface area (Å²) in [5.41, 5.74) is 8.21. The first-order valence-electron chi connectivity index (χ1n) is 6.28. The van der Waals surface area contributed by atoms with Crippen molar-refractivity contribution in [3.8, 4) is 0 Å². The SMILES string of the molecule is Cc1ncsc1CNC1CCN(CC(N)=O)CC1. The molecule has 18 heavy (non-hydrogen) atoms. The molecule has 1 aromatic rings. The lowest BCUT2D eigenvalue weighted by Crippen LogP contribution is -2.45. The Balaban J connectivity index is 1.71. The van der Waals surface area contributed by atoms with Gasteiger partial charge in [0.15, 0.2) is 0 Å². The molecule has 1 aromatic heterocycles. The first kappa shape index (κ1) is 13.5. The third-order valence-electron chi connectivity index (χ3n) is 3.36. The molecule has 0 unspecified atom stereocenters. The van der Waals surface area contributed by atoms with Crippen molar-refractivity contribution in [1.82, 2.24) is 15.2 Å². The number of aryl methyl sites for hydroxylation is 1. The minimum atomic E-state index is -0.235. The van der Waals surface area contributed by atoms with E-state index in [1.807, 2.05) is 12.4 Å². The van der Waals surface area contributed by atoms with Crippen LogP contribution < -0.4 is 11.1 Å². The summed E-state index contributed by atoms with van der Waals surface area (Å²) in [6.45, 7) is 5.23. The van der Waals surface area contributed by atoms with Gasteiger partial charge in [-0.3, -0.25) is 9.69 Å². The summed E-state index contributed by atoms with van der Waals surface area (Å²) in [6.07, 6.45) is 2.15. The first-order chi connectivity index (χ1) is 8.65. The highest BCUT2D eigenvalue weighted by atomic mass is 32.1. The van der Waals surface area contributed by atoms with Gasteiger partial charge in [0.1, 0.15) is 0 Å². The number of primary amides is 1. The summed E-state index contributed by atoms with van der Waals surface area (Å²) in [6, 6.07) is 0.538. The van der Waals surface area contributed by atoms with Gasteiger partial charge in [-0.15, -0.1) is 11.3 Å². The highest BCUT2D eigenvalue weighted by molar-refractivity contribution is 7.09. The van der Waals surface area contributed by atoms with E-state index < -0.39 is 0 Å². The number of aromatic nitrogens is 1. The molecule has 3 N–H and O–H groups in total. The monoisotopic (exact) mass is 268 g/mol. The maximum atomic E-state index is 10.8. The molecule has 0 aliphatic carbocycles. The van der Waals surface area contributed by atoms with Crippen LogP contribution in [0.4, 0.5) is 0 Å². The van der Waals surface area contributed by atoms with Crippen molar-refractivity contribution >= 4 is 17.2 Å². The molecule has 0 bridgehead atoms. The molecule has 0 saturated carbocycles. The number of carbonyl (C=O) groups is 1. The minimum absolute atomic E-state index is 0.235. The summed E-state index contributed by atoms with van der Waals surface area (Å²) in [7, 11) is 0. The van der Waals surface area contributed by atoms with Gasteiger partial charge in [0.05, 0.1) is 17.7 Å². The van der Waals surface area contributed by atoms with E-state index in [9.17, 15) is 4.79 Å². The van der Waals surface area contributed by atoms with E-state index in [-0.39, 0.29) is 5.91 Å². The Morgan fingerprint density at radius 1 is 1.61 bits per heavy atom. The van der Waals surface area contributed by atoms with Crippen molar-refractivity contribution < 1.29 is 4.79 Å². The number of hydrogen-bond donors (Lipinski definition) is 2. The van der Waals surface area contributed by atoms with Gasteiger partial charge in [-0.25, -0.2) is 4.98 Å². The van der Waals surface area contributed by atoms with Crippen LogP contribution in [0.25, 0.3) is 0 Å². The van der Waals surface area contributed by atoms with Gasteiger partial charge in [0, 0.05) is 30.6 Å². The van der Waals surface area contributed by atoms with Crippen LogP contribution in [0.5, 0.6) is 0 Å². The van der Waals surface area contributed by atoms with Gasteiger partial charge >= 0.3 is 0 Å². The first-order valence-corrected chi connectivity index (χ1v) is 7.16. The molecule has 100 valence electrons. The molecule has 2 heterocycles. The molecule has 0 aromatic carbocycles. The van der Waals surface area contributed by atoms with Crippen LogP contribution in [0.2, 0.25) is 0 Å². The summed E-state index contributed by atoms with van der Waals surface area (Å²) < 4.78 is 0. The largest absolute Gasteiger partial charge is 0.369 e. The molecule has 1 aliphatic heterocycles. The molecule has 6 heteroatoms. The van der Waals surface area contributed by atoms with E-state index in [4.69, 9.17) is 5.73 Å². The zero-order valence-electron chi connectivity index (χ0n) is 10.7. The third-order valence-corrected chi connectivity index (χ3v) is 4.30. The number of carbonyl (C=O) groups excluding carboxylic acids is 1. The summed E-state index contributed by atoms with van der Waals surface area (Å²) in [5, 5.41) is 3.57. The number of piperidine rings is 1. The maximum Gasteiger partial charge on any atom is 0.231 e. The number of nitrogens with zero attached hydrogens (tertiary/aromatic N) is 2. The van der Waals surface area contributed by atoms with E-state index in [0.29, 0.717) is 12.6 Å². The van der Waals surface area contributed by atoms with Gasteiger partial charge < -0.3 is 11.1 Å².